The van der Waals surface area contributed by atoms with Gasteiger partial charge in [-0.3, -0.25) is 53.1 Å². The molecule has 8 amide bonds. The van der Waals surface area contributed by atoms with E-state index in [-0.39, 0.29) is 87.0 Å². The number of carbonyl (C=O) groups excluding carboxylic acids is 8. The molecule has 6 aliphatic rings. The van der Waals surface area contributed by atoms with E-state index in [2.05, 4.69) is 78.8 Å². The molecule has 2 bridgehead atoms. The molecule has 32 nitrogen and oxygen atoms in total. The van der Waals surface area contributed by atoms with E-state index in [9.17, 15) is 43.5 Å². The number of nitrogens with one attached hydrogen (secondary N) is 3. The number of carbonyl (C=O) groups is 8. The molecule has 122 heavy (non-hydrogen) atoms. The number of piperazine rings is 2. The highest BCUT2D eigenvalue weighted by Gasteiger charge is 2.53. The summed E-state index contributed by atoms with van der Waals surface area (Å²) in [6, 6.07) is 28.1. The number of nitrogens with two attached hydrogens (primary N) is 2. The number of pyridine rings is 1. The van der Waals surface area contributed by atoms with Crippen molar-refractivity contribution in [2.24, 2.45) is 17.1 Å². The molecule has 33 heteroatoms. The third-order valence-corrected chi connectivity index (χ3v) is 25.4. The van der Waals surface area contributed by atoms with Crippen LogP contribution in [0.4, 0.5) is 22.9 Å². The van der Waals surface area contributed by atoms with Crippen LogP contribution in [0.1, 0.15) is 139 Å². The van der Waals surface area contributed by atoms with Crippen LogP contribution in [0.2, 0.25) is 0 Å². The van der Waals surface area contributed by atoms with Crippen LogP contribution >= 0.6 is 11.3 Å². The second-order valence-corrected chi connectivity index (χ2v) is 34.4. The Morgan fingerprint density at radius 3 is 2.21 bits per heavy atom. The number of fused-ring (bicyclic) bond motifs is 2. The lowest BCUT2D eigenvalue weighted by Crippen LogP contribution is -2.59. The van der Waals surface area contributed by atoms with Gasteiger partial charge >= 0.3 is 0 Å². The predicted octanol–water partition coefficient (Wildman–Crippen LogP) is 7.77. The molecule has 9 atom stereocenters. The molecular formula is C89H116N18O14S. The molecule has 1 aliphatic carbocycles. The zero-order chi connectivity index (χ0) is 86.3. The van der Waals surface area contributed by atoms with Gasteiger partial charge in [-0.15, -0.1) is 21.5 Å². The quantitative estimate of drug-likeness (QED) is 0.0121. The number of primary amides is 1. The monoisotopic (exact) mass is 1690 g/mol. The van der Waals surface area contributed by atoms with Crippen molar-refractivity contribution in [2.45, 2.75) is 173 Å². The smallest absolute Gasteiger partial charge is 0.254 e. The molecule has 5 fully saturated rings. The molecule has 5 aliphatic heterocycles. The van der Waals surface area contributed by atoms with Crippen LogP contribution in [0, 0.1) is 18.3 Å². The van der Waals surface area contributed by atoms with Crippen LogP contribution in [0.15, 0.2) is 125 Å². The van der Waals surface area contributed by atoms with Crippen molar-refractivity contribution < 1.29 is 66.9 Å². The normalized spacial score (nSPS) is 19.9. The lowest BCUT2D eigenvalue weighted by atomic mass is 9.67. The van der Waals surface area contributed by atoms with Crippen molar-refractivity contribution in [1.82, 2.24) is 65.4 Å². The van der Waals surface area contributed by atoms with Crippen LogP contribution in [-0.2, 0) is 49.7 Å². The fourth-order valence-corrected chi connectivity index (χ4v) is 18.4. The number of rotatable bonds is 41. The third-order valence-electron chi connectivity index (χ3n) is 24.5. The van der Waals surface area contributed by atoms with E-state index in [1.807, 2.05) is 126 Å². The van der Waals surface area contributed by atoms with Crippen molar-refractivity contribution in [1.29, 1.82) is 0 Å². The number of aliphatic hydroxyl groups excluding tert-OH is 1. The largest absolute Gasteiger partial charge is 0.488 e. The number of hydrogen-bond acceptors (Lipinski definition) is 26. The van der Waals surface area contributed by atoms with Crippen LogP contribution < -0.4 is 51.4 Å². The van der Waals surface area contributed by atoms with Crippen LogP contribution in [0.3, 0.4) is 0 Å². The molecule has 652 valence electrons. The number of β-amino-alcohol motifs (C(OH)–C–C–N with tert-alkyl or cyclic N) is 1. The topological polar surface area (TPSA) is 385 Å². The van der Waals surface area contributed by atoms with Gasteiger partial charge in [0, 0.05) is 145 Å². The molecule has 2 unspecified atom stereocenters. The van der Waals surface area contributed by atoms with Gasteiger partial charge in [0.15, 0.2) is 11.6 Å². The van der Waals surface area contributed by atoms with Gasteiger partial charge in [0.1, 0.15) is 55.0 Å². The molecule has 1 saturated carbocycles. The number of nitrogen functional groups attached to an aromatic ring is 1. The average Bonchev–Trinajstić information content (AvgIpc) is 1.50. The van der Waals surface area contributed by atoms with E-state index in [0.29, 0.717) is 119 Å². The number of aliphatic hydroxyl groups is 1. The maximum Gasteiger partial charge on any atom is 0.254 e. The Kier molecular flexibility index (Phi) is 29.7. The second-order valence-electron chi connectivity index (χ2n) is 33.5. The zero-order valence-electron chi connectivity index (χ0n) is 71.0. The van der Waals surface area contributed by atoms with Crippen LogP contribution in [-0.4, -0.2) is 262 Å². The van der Waals surface area contributed by atoms with Gasteiger partial charge < -0.3 is 80.5 Å². The lowest BCUT2D eigenvalue weighted by molar-refractivity contribution is -0.159. The summed E-state index contributed by atoms with van der Waals surface area (Å²) in [5.41, 5.74) is 20.5. The minimum atomic E-state index is -1.41. The predicted molar refractivity (Wildman–Crippen MR) is 461 cm³/mol. The Morgan fingerprint density at radius 1 is 0.795 bits per heavy atom. The summed E-state index contributed by atoms with van der Waals surface area (Å²) in [5, 5.41) is 33.1. The number of thiazole rings is 1. The SMILES string of the molecule is COC[C@@H](C(=O)NCCCCCN(C(=O)C1(C(N)=O)CCC1)[C@@H](CCCCN(C)C)C(=O)Nc1ccc(COc2ccccc2-c2cc(N3CC4CCC(C3)N4c3ccnc(OCCN4CCN(CCOc5cc([C@H](C(=O)N6C[C@H](O)C[C@H]6C(=O)N[C@@H](C)c6ccc(-c7scnc7C)cc6)C(C)C)on5)C[C@H]4C)c3)c(N)nn2)cc1)N1C(=O)C=CC1=O. The molecule has 4 saturated heterocycles. The number of likely N-dealkylation sites (tertiary alicyclic amines) is 1. The van der Waals surface area contributed by atoms with Gasteiger partial charge in [-0.1, -0.05) is 68.8 Å². The molecule has 7 aromatic rings. The van der Waals surface area contributed by atoms with Crippen molar-refractivity contribution in [3.63, 3.8) is 0 Å². The van der Waals surface area contributed by atoms with E-state index >= 15 is 0 Å². The summed E-state index contributed by atoms with van der Waals surface area (Å²) >= 11 is 1.58. The minimum Gasteiger partial charge on any atom is -0.488 e. The second kappa shape index (κ2) is 40.8. The third kappa shape index (κ3) is 21.2. The van der Waals surface area contributed by atoms with Gasteiger partial charge in [0.05, 0.1) is 46.2 Å². The minimum absolute atomic E-state index is 0.0285. The van der Waals surface area contributed by atoms with Crippen molar-refractivity contribution in [3.05, 3.63) is 144 Å². The number of ether oxygens (including phenoxy) is 4. The molecule has 13 rings (SSSR count). The van der Waals surface area contributed by atoms with Gasteiger partial charge in [-0.25, -0.2) is 9.97 Å². The Bertz CT molecular complexity index is 4800. The summed E-state index contributed by atoms with van der Waals surface area (Å²) in [5.74, 6) is -2.81. The van der Waals surface area contributed by atoms with Gasteiger partial charge in [0.2, 0.25) is 41.3 Å². The maximum atomic E-state index is 14.7. The highest BCUT2D eigenvalue weighted by molar-refractivity contribution is 7.13. The highest BCUT2D eigenvalue weighted by Crippen LogP contribution is 2.45. The van der Waals surface area contributed by atoms with Gasteiger partial charge in [0.25, 0.3) is 17.7 Å². The fraction of sp³-hybridized carbons (Fsp3) is 0.517. The zero-order valence-corrected chi connectivity index (χ0v) is 71.9. The van der Waals surface area contributed by atoms with Crippen molar-refractivity contribution >= 4 is 81.5 Å². The number of benzene rings is 3. The van der Waals surface area contributed by atoms with E-state index in [4.69, 9.17) is 34.9 Å². The van der Waals surface area contributed by atoms with Crippen molar-refractivity contribution in [3.8, 4) is 39.2 Å². The number of hydrogen-bond donors (Lipinski definition) is 6. The Morgan fingerprint density at radius 2 is 1.52 bits per heavy atom. The van der Waals surface area contributed by atoms with E-state index in [1.165, 1.54) is 16.9 Å². The molecule has 8 N–H and O–H groups in total. The van der Waals surface area contributed by atoms with Gasteiger partial charge in [-0.2, -0.15) is 0 Å². The first-order valence-corrected chi connectivity index (χ1v) is 43.5. The molecular weight excluding hydrogens is 1580 g/mol. The first-order chi connectivity index (χ1) is 58.8. The number of aromatic nitrogens is 5. The Hall–Kier alpha value is -11.0. The highest BCUT2D eigenvalue weighted by atomic mass is 32.1. The Balaban J connectivity index is 0.558. The van der Waals surface area contributed by atoms with Crippen molar-refractivity contribution in [2.75, 3.05) is 134 Å². The lowest BCUT2D eigenvalue weighted by Gasteiger charge is -2.43. The first-order valence-electron chi connectivity index (χ1n) is 42.6. The number of imide groups is 1. The number of anilines is 4. The number of nitrogens with zero attached hydrogens (tertiary/aromatic N) is 13. The number of aryl methyl sites for hydroxylation is 1. The molecule has 0 radical (unpaired) electrons. The maximum absolute atomic E-state index is 14.7. The van der Waals surface area contributed by atoms with Crippen LogP contribution in [0.5, 0.6) is 17.5 Å². The summed E-state index contributed by atoms with van der Waals surface area (Å²) in [7, 11) is 5.32. The summed E-state index contributed by atoms with van der Waals surface area (Å²) < 4.78 is 30.0. The molecule has 4 aromatic heterocycles. The number of methoxy groups -OCH3 is 1. The summed E-state index contributed by atoms with van der Waals surface area (Å²) in [6.07, 6.45) is 9.70. The standard InChI is InChI=1S/C89H116N18O14S/c1-56(2)80(86(114)105-52-67(108)46-72(105)85(113)95-58(4)61-22-24-62(25-23-61)81-59(5)94-55-122-81)75-48-77(99-121-75)119-43-41-101-39-40-102(57(3)49-101)42-44-118-76-45-64(32-36-92-76)106-65-28-29-66(106)51-103(50-65)71-47-69(97-98-82(71)90)68-17-10-11-19-74(68)120-53-60-20-26-63(27-21-60)96-84(112)70(18-12-15-37-100(6)7)104(88(116)89(87(91)115)33-16-34-89)38-14-9-13-35-93-83(111)73(54-117-8)107-78(109)30-31-79(107)110/h10-11,17,19-27,30-32,36,45,47-48,55-58,65-67,70,72-73,80,108H,9,12-16,18,28-29,33-35,37-44,46,49-54H2,1-8H3,(H2,90,98)(H2,91,115)(H,93,111)(H,95,113)(H,96,112)/t57-,58+,65?,66?,67-,70+,72+,73+,80-/m1/s1. The van der Waals surface area contributed by atoms with E-state index < -0.39 is 71.0 Å². The summed E-state index contributed by atoms with van der Waals surface area (Å²) in [6.45, 7) is 17.2. The molecule has 3 aromatic carbocycles. The average molecular weight is 1690 g/mol. The Labute approximate surface area is 716 Å². The van der Waals surface area contributed by atoms with Gasteiger partial charge in [-0.05, 0) is 170 Å². The van der Waals surface area contributed by atoms with E-state index in [0.717, 1.165) is 113 Å². The molecule has 0 spiro atoms. The first kappa shape index (κ1) is 88.8. The van der Waals surface area contributed by atoms with E-state index in [1.54, 1.807) is 29.5 Å². The number of amides is 8. The number of unbranched alkanes of at least 4 members (excludes halogenated alkanes) is 3. The fourth-order valence-electron chi connectivity index (χ4n) is 17.6. The summed E-state index contributed by atoms with van der Waals surface area (Å²) in [4.78, 5) is 134. The molecule has 9 heterocycles. The van der Waals surface area contributed by atoms with Crippen LogP contribution in [0.25, 0.3) is 21.7 Å². The number of para-hydroxylation sites is 1.